The van der Waals surface area contributed by atoms with Crippen molar-refractivity contribution in [2.75, 3.05) is 18.9 Å². The molecule has 0 unspecified atom stereocenters. The van der Waals surface area contributed by atoms with Gasteiger partial charge in [-0.3, -0.25) is 14.4 Å². The van der Waals surface area contributed by atoms with E-state index in [9.17, 15) is 27.6 Å². The van der Waals surface area contributed by atoms with Gasteiger partial charge in [0.05, 0.1) is 16.7 Å². The number of esters is 2. The van der Waals surface area contributed by atoms with Gasteiger partial charge < -0.3 is 15.0 Å². The van der Waals surface area contributed by atoms with Crippen LogP contribution in [0.1, 0.15) is 95.2 Å². The molecule has 5 heterocycles. The molecular weight excluding hydrogens is 675 g/mol. The molecule has 1 atom stereocenters. The van der Waals surface area contributed by atoms with Crippen molar-refractivity contribution < 1.29 is 32.3 Å². The molecule has 6 rings (SSSR count). The Morgan fingerprint density at radius 3 is 2.58 bits per heavy atom. The van der Waals surface area contributed by atoms with Gasteiger partial charge in [-0.15, -0.1) is 0 Å². The number of aryl methyl sites for hydroxylation is 2. The largest absolute Gasteiger partial charge is 0.491 e. The summed E-state index contributed by atoms with van der Waals surface area (Å²) in [6.07, 6.45) is 5.51. The smallest absolute Gasteiger partial charge is 0.381 e. The minimum atomic E-state index is -5.27. The number of alkyl halides is 3. The summed E-state index contributed by atoms with van der Waals surface area (Å²) in [5.74, 6) is 2.11. The van der Waals surface area contributed by atoms with Crippen molar-refractivity contribution in [1.29, 1.82) is 0 Å². The molecule has 0 bridgehead atoms. The quantitative estimate of drug-likeness (QED) is 0.0632. The molecule has 0 aliphatic carbocycles. The number of benzene rings is 1. The Kier molecular flexibility index (Phi) is 11.0. The zero-order chi connectivity index (χ0) is 36.8. The van der Waals surface area contributed by atoms with Crippen molar-refractivity contribution in [2.45, 2.75) is 77.1 Å². The first-order valence-electron chi connectivity index (χ1n) is 17.2. The average Bonchev–Trinajstić information content (AvgIpc) is 3.83. The predicted molar refractivity (Wildman–Crippen MR) is 188 cm³/mol. The fraction of sp³-hybridized carbons (Fsp3) is 0.368. The Morgan fingerprint density at radius 1 is 1.02 bits per heavy atom. The number of nitrogens with zero attached hydrogens (tertiary/aromatic N) is 5. The summed E-state index contributed by atoms with van der Waals surface area (Å²) >= 11 is 0. The molecule has 14 heteroatoms. The van der Waals surface area contributed by atoms with Gasteiger partial charge >= 0.3 is 18.1 Å². The van der Waals surface area contributed by atoms with Gasteiger partial charge in [0.1, 0.15) is 11.5 Å². The molecule has 0 saturated carbocycles. The molecule has 52 heavy (non-hydrogen) atoms. The number of ether oxygens (including phenoxy) is 1. The highest BCUT2D eigenvalue weighted by Gasteiger charge is 2.42. The van der Waals surface area contributed by atoms with Crippen LogP contribution in [0.25, 0.3) is 21.8 Å². The lowest BCUT2D eigenvalue weighted by molar-refractivity contribution is -0.193. The molecule has 1 aliphatic heterocycles. The van der Waals surface area contributed by atoms with Crippen LogP contribution in [0, 0.1) is 18.8 Å². The second-order valence-electron chi connectivity index (χ2n) is 12.9. The third-order valence-electron chi connectivity index (χ3n) is 9.14. The molecule has 1 fully saturated rings. The number of carbonyl (C=O) groups is 3. The molecule has 0 spiro atoms. The SMILES string of the molecule is Cc1nn(CCCCCCCC#Cc2ccc(C(=O)OC(=O)C(F)(F)F)nc2)c2cc(C(=O)Nc3cc4[nH]c([C@H]5CCCN5C)cc4cn3)ccc12. The number of likely N-dealkylation sites (tertiary alicyclic amines) is 1. The van der Waals surface area contributed by atoms with Gasteiger partial charge in [0.15, 0.2) is 0 Å². The third kappa shape index (κ3) is 8.66. The normalized spacial score (nSPS) is 14.8. The Morgan fingerprint density at radius 2 is 1.83 bits per heavy atom. The molecule has 4 aromatic heterocycles. The summed E-state index contributed by atoms with van der Waals surface area (Å²) in [6.45, 7) is 3.77. The van der Waals surface area contributed by atoms with Crippen LogP contribution in [0.2, 0.25) is 0 Å². The predicted octanol–water partition coefficient (Wildman–Crippen LogP) is 7.27. The molecule has 1 aromatic carbocycles. The lowest BCUT2D eigenvalue weighted by Gasteiger charge is -2.17. The third-order valence-corrected chi connectivity index (χ3v) is 9.14. The van der Waals surface area contributed by atoms with E-state index in [1.807, 2.05) is 35.9 Å². The van der Waals surface area contributed by atoms with Crippen molar-refractivity contribution in [3.05, 3.63) is 83.1 Å². The number of hydrogen-bond donors (Lipinski definition) is 2. The molecule has 1 aliphatic rings. The molecule has 270 valence electrons. The van der Waals surface area contributed by atoms with Crippen LogP contribution in [0.3, 0.4) is 0 Å². The van der Waals surface area contributed by atoms with Crippen molar-refractivity contribution in [1.82, 2.24) is 29.6 Å². The van der Waals surface area contributed by atoms with Gasteiger partial charge in [-0.2, -0.15) is 18.3 Å². The number of aromatic nitrogens is 5. The van der Waals surface area contributed by atoms with Crippen LogP contribution in [0.15, 0.2) is 54.9 Å². The first-order chi connectivity index (χ1) is 25.0. The molecular formula is C38H38F3N7O4. The van der Waals surface area contributed by atoms with Gasteiger partial charge in [0.2, 0.25) is 0 Å². The van der Waals surface area contributed by atoms with Crippen molar-refractivity contribution in [2.24, 2.45) is 0 Å². The van der Waals surface area contributed by atoms with Crippen LogP contribution in [0.4, 0.5) is 19.0 Å². The topological polar surface area (TPSA) is 135 Å². The number of carbonyl (C=O) groups excluding carboxylic acids is 3. The molecule has 0 radical (unpaired) electrons. The number of hydrogen-bond acceptors (Lipinski definition) is 8. The summed E-state index contributed by atoms with van der Waals surface area (Å²) < 4.78 is 42.5. The lowest BCUT2D eigenvalue weighted by Crippen LogP contribution is -2.28. The fourth-order valence-corrected chi connectivity index (χ4v) is 6.39. The number of aromatic amines is 1. The minimum absolute atomic E-state index is 0.236. The molecule has 2 N–H and O–H groups in total. The maximum absolute atomic E-state index is 13.3. The number of H-pyrrole nitrogens is 1. The number of pyridine rings is 2. The minimum Gasteiger partial charge on any atom is -0.381 e. The molecule has 11 nitrogen and oxygen atoms in total. The number of anilines is 1. The molecule has 1 saturated heterocycles. The van der Waals surface area contributed by atoms with Crippen molar-refractivity contribution in [3.8, 4) is 11.8 Å². The number of nitrogens with one attached hydrogen (secondary N) is 2. The maximum atomic E-state index is 13.3. The Bertz CT molecular complexity index is 2160. The highest BCUT2D eigenvalue weighted by molar-refractivity contribution is 6.06. The summed E-state index contributed by atoms with van der Waals surface area (Å²) in [4.78, 5) is 49.8. The summed E-state index contributed by atoms with van der Waals surface area (Å²) in [5.41, 5.74) is 4.52. The highest BCUT2D eigenvalue weighted by atomic mass is 19.4. The van der Waals surface area contributed by atoms with E-state index < -0.39 is 23.8 Å². The average molecular weight is 714 g/mol. The highest BCUT2D eigenvalue weighted by Crippen LogP contribution is 2.32. The number of halogens is 3. The second-order valence-corrected chi connectivity index (χ2v) is 12.9. The summed E-state index contributed by atoms with van der Waals surface area (Å²) in [5, 5.41) is 9.71. The number of fused-ring (bicyclic) bond motifs is 2. The fourth-order valence-electron chi connectivity index (χ4n) is 6.39. The van der Waals surface area contributed by atoms with Crippen molar-refractivity contribution >= 4 is 45.5 Å². The van der Waals surface area contributed by atoms with Crippen LogP contribution in [-0.2, 0) is 16.1 Å². The van der Waals surface area contributed by atoms with Crippen molar-refractivity contribution in [3.63, 3.8) is 0 Å². The van der Waals surface area contributed by atoms with E-state index in [-0.39, 0.29) is 5.91 Å². The van der Waals surface area contributed by atoms with Gasteiger partial charge in [-0.25, -0.2) is 19.6 Å². The molecule has 5 aromatic rings. The van der Waals surface area contributed by atoms with Crippen LogP contribution in [0.5, 0.6) is 0 Å². The first-order valence-corrected chi connectivity index (χ1v) is 17.2. The number of rotatable bonds is 11. The number of amides is 1. The zero-order valence-electron chi connectivity index (χ0n) is 28.8. The Labute approximate surface area is 297 Å². The standard InChI is InChI=1S/C38H38F3N7O4/c1-24-28-15-14-26(35(49)45-34-21-30-27(23-43-34)19-31(44-30)32-12-10-17-47(32)2)20-33(28)48(46-24)18-9-7-5-3-4-6-8-11-25-13-16-29(42-22-25)36(50)52-37(51)38(39,40)41/h13-16,19-23,32,44H,3-7,9-10,12,17-18H2,1-2H3,(H,43,45,49)/t32-/m1/s1. The van der Waals surface area contributed by atoms with Gasteiger partial charge in [0, 0.05) is 65.1 Å². The van der Waals surface area contributed by atoms with E-state index in [0.717, 1.165) is 85.2 Å². The van der Waals surface area contributed by atoms with Gasteiger partial charge in [-0.1, -0.05) is 37.2 Å². The Hall–Kier alpha value is -5.55. The van der Waals surface area contributed by atoms with E-state index in [0.29, 0.717) is 29.4 Å². The second kappa shape index (κ2) is 15.8. The molecule has 1 amide bonds. The van der Waals surface area contributed by atoms with E-state index >= 15 is 0 Å². The van der Waals surface area contributed by atoms with Crippen LogP contribution in [-0.4, -0.2) is 67.2 Å². The summed E-state index contributed by atoms with van der Waals surface area (Å²) in [6, 6.07) is 12.6. The van der Waals surface area contributed by atoms with Crippen LogP contribution < -0.4 is 5.32 Å². The monoisotopic (exact) mass is 713 g/mol. The number of unbranched alkanes of at least 4 members (excludes halogenated alkanes) is 5. The van der Waals surface area contributed by atoms with Crippen LogP contribution >= 0.6 is 0 Å². The van der Waals surface area contributed by atoms with Gasteiger partial charge in [-0.05, 0) is 76.5 Å². The van der Waals surface area contributed by atoms with E-state index in [1.165, 1.54) is 24.4 Å². The zero-order valence-corrected chi connectivity index (χ0v) is 28.8. The lowest BCUT2D eigenvalue weighted by atomic mass is 10.1. The maximum Gasteiger partial charge on any atom is 0.491 e. The van der Waals surface area contributed by atoms with Gasteiger partial charge in [0.25, 0.3) is 5.91 Å². The first kappa shape index (κ1) is 36.2. The Balaban J connectivity index is 0.948. The summed E-state index contributed by atoms with van der Waals surface area (Å²) in [7, 11) is 2.14. The van der Waals surface area contributed by atoms with E-state index in [4.69, 9.17) is 5.10 Å². The van der Waals surface area contributed by atoms with E-state index in [2.05, 4.69) is 54.9 Å². The van der Waals surface area contributed by atoms with E-state index in [1.54, 1.807) is 6.20 Å².